The second-order valence-electron chi connectivity index (χ2n) is 5.76. The van der Waals surface area contributed by atoms with Crippen LogP contribution in [-0.4, -0.2) is 28.8 Å². The van der Waals surface area contributed by atoms with Gasteiger partial charge in [0, 0.05) is 0 Å². The third-order valence-electron chi connectivity index (χ3n) is 3.81. The molecule has 1 amide bonds. The zero-order chi connectivity index (χ0) is 18.5. The first-order valence-corrected chi connectivity index (χ1v) is 7.98. The van der Waals surface area contributed by atoms with Crippen LogP contribution in [0.1, 0.15) is 11.1 Å². The molecule has 132 valence electrons. The van der Waals surface area contributed by atoms with E-state index in [9.17, 15) is 9.59 Å². The van der Waals surface area contributed by atoms with Gasteiger partial charge in [0.2, 0.25) is 0 Å². The molecule has 0 saturated carbocycles. The summed E-state index contributed by atoms with van der Waals surface area (Å²) in [5.74, 6) is 0.328. The molecule has 3 aromatic rings. The average molecular weight is 350 g/mol. The molecule has 7 heteroatoms. The summed E-state index contributed by atoms with van der Waals surface area (Å²) in [7, 11) is 1.59. The van der Waals surface area contributed by atoms with E-state index in [1.807, 2.05) is 31.2 Å². The quantitative estimate of drug-likeness (QED) is 0.562. The molecule has 0 unspecified atom stereocenters. The molecule has 0 bridgehead atoms. The number of hydrogen-bond donors (Lipinski definition) is 1. The van der Waals surface area contributed by atoms with E-state index in [0.29, 0.717) is 10.9 Å². The molecule has 1 heterocycles. The Labute approximate surface area is 149 Å². The normalized spacial score (nSPS) is 11.0. The standard InChI is InChI=1S/C19H18N4O3/c1-13-3-8-16-17(9-13)20-12-23(19(16)25)11-18(24)22-21-10-14-4-6-15(26-2)7-5-14/h3-10,12H,11H2,1-2H3,(H,22,24)/b21-10+. The summed E-state index contributed by atoms with van der Waals surface area (Å²) in [4.78, 5) is 28.7. The van der Waals surface area contributed by atoms with Crippen LogP contribution in [0.25, 0.3) is 10.9 Å². The van der Waals surface area contributed by atoms with E-state index >= 15 is 0 Å². The predicted molar refractivity (Wildman–Crippen MR) is 99.5 cm³/mol. The Morgan fingerprint density at radius 2 is 2.04 bits per heavy atom. The highest BCUT2D eigenvalue weighted by Crippen LogP contribution is 2.10. The summed E-state index contributed by atoms with van der Waals surface area (Å²) in [6.07, 6.45) is 2.89. The van der Waals surface area contributed by atoms with E-state index < -0.39 is 5.91 Å². The van der Waals surface area contributed by atoms with E-state index in [4.69, 9.17) is 4.74 Å². The van der Waals surface area contributed by atoms with Gasteiger partial charge in [0.05, 0.1) is 30.6 Å². The van der Waals surface area contributed by atoms with E-state index in [0.717, 1.165) is 16.9 Å². The van der Waals surface area contributed by atoms with Crippen LogP contribution < -0.4 is 15.7 Å². The molecule has 0 fully saturated rings. The van der Waals surface area contributed by atoms with Crippen LogP contribution in [0.2, 0.25) is 0 Å². The van der Waals surface area contributed by atoms with Crippen molar-refractivity contribution in [3.8, 4) is 5.75 Å². The first-order valence-electron chi connectivity index (χ1n) is 7.98. The van der Waals surface area contributed by atoms with Gasteiger partial charge in [-0.05, 0) is 54.4 Å². The molecule has 0 saturated heterocycles. The largest absolute Gasteiger partial charge is 0.497 e. The Morgan fingerprint density at radius 1 is 1.27 bits per heavy atom. The highest BCUT2D eigenvalue weighted by Gasteiger charge is 2.07. The minimum Gasteiger partial charge on any atom is -0.497 e. The number of methoxy groups -OCH3 is 1. The molecule has 7 nitrogen and oxygen atoms in total. The molecular weight excluding hydrogens is 332 g/mol. The van der Waals surface area contributed by atoms with Crippen molar-refractivity contribution in [1.82, 2.24) is 15.0 Å². The van der Waals surface area contributed by atoms with E-state index in [-0.39, 0.29) is 12.1 Å². The highest BCUT2D eigenvalue weighted by atomic mass is 16.5. The number of aryl methyl sites for hydroxylation is 1. The minimum absolute atomic E-state index is 0.157. The molecule has 0 aliphatic carbocycles. The Kier molecular flexibility index (Phi) is 5.07. The summed E-state index contributed by atoms with van der Waals surface area (Å²) in [5, 5.41) is 4.37. The van der Waals surface area contributed by atoms with Crippen LogP contribution in [0, 0.1) is 6.92 Å². The second-order valence-corrected chi connectivity index (χ2v) is 5.76. The fourth-order valence-corrected chi connectivity index (χ4v) is 2.44. The SMILES string of the molecule is COc1ccc(/C=N/NC(=O)Cn2cnc3cc(C)ccc3c2=O)cc1. The third kappa shape index (κ3) is 3.94. The third-order valence-corrected chi connectivity index (χ3v) is 3.81. The average Bonchev–Trinajstić information content (AvgIpc) is 2.64. The van der Waals surface area contributed by atoms with Crippen molar-refractivity contribution in [1.29, 1.82) is 0 Å². The van der Waals surface area contributed by atoms with Crippen LogP contribution in [-0.2, 0) is 11.3 Å². The van der Waals surface area contributed by atoms with Crippen molar-refractivity contribution in [3.05, 3.63) is 70.3 Å². The number of amides is 1. The molecule has 26 heavy (non-hydrogen) atoms. The summed E-state index contributed by atoms with van der Waals surface area (Å²) in [6.45, 7) is 1.77. The zero-order valence-corrected chi connectivity index (χ0v) is 14.5. The zero-order valence-electron chi connectivity index (χ0n) is 14.5. The Balaban J connectivity index is 1.67. The molecule has 0 aliphatic heterocycles. The summed E-state index contributed by atoms with van der Waals surface area (Å²) in [6, 6.07) is 12.6. The lowest BCUT2D eigenvalue weighted by atomic mass is 10.2. The van der Waals surface area contributed by atoms with Gasteiger partial charge in [-0.25, -0.2) is 10.4 Å². The van der Waals surface area contributed by atoms with Crippen molar-refractivity contribution in [3.63, 3.8) is 0 Å². The Morgan fingerprint density at radius 3 is 2.77 bits per heavy atom. The van der Waals surface area contributed by atoms with Crippen molar-refractivity contribution in [2.24, 2.45) is 5.10 Å². The molecule has 0 spiro atoms. The molecule has 1 aromatic heterocycles. The fraction of sp³-hybridized carbons (Fsp3) is 0.158. The number of nitrogens with one attached hydrogen (secondary N) is 1. The monoisotopic (exact) mass is 350 g/mol. The molecule has 0 atom stereocenters. The number of hydrazone groups is 1. The lowest BCUT2D eigenvalue weighted by Gasteiger charge is -2.06. The van der Waals surface area contributed by atoms with Crippen LogP contribution in [0.5, 0.6) is 5.75 Å². The van der Waals surface area contributed by atoms with Gasteiger partial charge in [0.1, 0.15) is 12.3 Å². The number of ether oxygens (including phenoxy) is 1. The van der Waals surface area contributed by atoms with Gasteiger partial charge < -0.3 is 4.74 Å². The predicted octanol–water partition coefficient (Wildman–Crippen LogP) is 1.86. The van der Waals surface area contributed by atoms with Crippen molar-refractivity contribution in [2.75, 3.05) is 7.11 Å². The lowest BCUT2D eigenvalue weighted by Crippen LogP contribution is -2.30. The maximum atomic E-state index is 12.4. The van der Waals surface area contributed by atoms with Gasteiger partial charge in [-0.1, -0.05) is 6.07 Å². The number of carbonyl (C=O) groups is 1. The second kappa shape index (κ2) is 7.60. The maximum absolute atomic E-state index is 12.4. The number of rotatable bonds is 5. The van der Waals surface area contributed by atoms with E-state index in [1.165, 1.54) is 17.1 Å². The first-order chi connectivity index (χ1) is 12.6. The van der Waals surface area contributed by atoms with Crippen LogP contribution in [0.15, 0.2) is 58.7 Å². The topological polar surface area (TPSA) is 85.6 Å². The number of benzene rings is 2. The van der Waals surface area contributed by atoms with Crippen LogP contribution in [0.4, 0.5) is 0 Å². The fourth-order valence-electron chi connectivity index (χ4n) is 2.44. The van der Waals surface area contributed by atoms with Crippen LogP contribution >= 0.6 is 0 Å². The van der Waals surface area contributed by atoms with Crippen molar-refractivity contribution >= 4 is 23.0 Å². The molecule has 0 aliphatic rings. The van der Waals surface area contributed by atoms with E-state index in [1.54, 1.807) is 25.3 Å². The number of carbonyl (C=O) groups excluding carboxylic acids is 1. The molecule has 1 N–H and O–H groups in total. The Bertz CT molecular complexity index is 1020. The summed E-state index contributed by atoms with van der Waals surface area (Å²) in [5.41, 5.74) is 4.59. The van der Waals surface area contributed by atoms with Crippen molar-refractivity contribution < 1.29 is 9.53 Å². The van der Waals surface area contributed by atoms with Crippen molar-refractivity contribution in [2.45, 2.75) is 13.5 Å². The lowest BCUT2D eigenvalue weighted by molar-refractivity contribution is -0.121. The number of fused-ring (bicyclic) bond motifs is 1. The maximum Gasteiger partial charge on any atom is 0.261 e. The molecule has 2 aromatic carbocycles. The van der Waals surface area contributed by atoms with E-state index in [2.05, 4.69) is 15.5 Å². The van der Waals surface area contributed by atoms with Gasteiger partial charge in [-0.2, -0.15) is 5.10 Å². The summed E-state index contributed by atoms with van der Waals surface area (Å²) >= 11 is 0. The first kappa shape index (κ1) is 17.3. The van der Waals surface area contributed by atoms with Crippen LogP contribution in [0.3, 0.4) is 0 Å². The number of nitrogens with zero attached hydrogens (tertiary/aromatic N) is 3. The van der Waals surface area contributed by atoms with Gasteiger partial charge in [-0.3, -0.25) is 14.2 Å². The molecule has 3 rings (SSSR count). The highest BCUT2D eigenvalue weighted by molar-refractivity contribution is 5.83. The molecule has 0 radical (unpaired) electrons. The van der Waals surface area contributed by atoms with Gasteiger partial charge in [0.15, 0.2) is 0 Å². The number of hydrogen-bond acceptors (Lipinski definition) is 5. The van der Waals surface area contributed by atoms with Gasteiger partial charge in [0.25, 0.3) is 11.5 Å². The summed E-state index contributed by atoms with van der Waals surface area (Å²) < 4.78 is 6.33. The number of aromatic nitrogens is 2. The van der Waals surface area contributed by atoms with Gasteiger partial charge in [-0.15, -0.1) is 0 Å². The Hall–Kier alpha value is -3.48. The smallest absolute Gasteiger partial charge is 0.261 e. The molecular formula is C19H18N4O3. The minimum atomic E-state index is -0.412. The van der Waals surface area contributed by atoms with Gasteiger partial charge >= 0.3 is 0 Å².